The maximum Gasteiger partial charge on any atom is -0.00780 e. The normalized spacial score (nSPS) is 14.0. The summed E-state index contributed by atoms with van der Waals surface area (Å²) in [7, 11) is 0. The van der Waals surface area contributed by atoms with Gasteiger partial charge in [-0.05, 0) is 34.3 Å². The zero-order valence-corrected chi connectivity index (χ0v) is 19.4. The van der Waals surface area contributed by atoms with E-state index in [4.69, 9.17) is 0 Å². The Morgan fingerprint density at radius 1 is 0.704 bits per heavy atom. The maximum absolute atomic E-state index is 2.33. The van der Waals surface area contributed by atoms with E-state index in [0.717, 1.165) is 11.8 Å². The Morgan fingerprint density at radius 3 is 1.56 bits per heavy atom. The fraction of sp³-hybridized carbons (Fsp3) is 0.556. The molecule has 2 rings (SSSR count). The molecule has 0 saturated carbocycles. The van der Waals surface area contributed by atoms with Crippen molar-refractivity contribution in [2.45, 2.75) is 86.5 Å². The van der Waals surface area contributed by atoms with Crippen molar-refractivity contribution in [3.05, 3.63) is 71.8 Å². The molecule has 0 aliphatic heterocycles. The van der Waals surface area contributed by atoms with E-state index < -0.39 is 0 Å². The molecule has 0 radical (unpaired) electrons. The van der Waals surface area contributed by atoms with E-state index in [0.29, 0.717) is 11.3 Å². The first-order valence-electron chi connectivity index (χ1n) is 10.9. The van der Waals surface area contributed by atoms with Gasteiger partial charge < -0.3 is 0 Å². The third-order valence-electron chi connectivity index (χ3n) is 6.19. The second-order valence-corrected chi connectivity index (χ2v) is 7.98. The molecule has 27 heavy (non-hydrogen) atoms. The fourth-order valence-electron chi connectivity index (χ4n) is 3.10. The van der Waals surface area contributed by atoms with Crippen LogP contribution in [0.1, 0.15) is 92.2 Å². The molecule has 0 heterocycles. The van der Waals surface area contributed by atoms with E-state index >= 15 is 0 Å². The van der Waals surface area contributed by atoms with Gasteiger partial charge in [0, 0.05) is 0 Å². The standard InChI is InChI=1S/C13H20.C12H18.C2H6/c1-5-11(2)13(3,4)12-9-7-6-8-10-12;1-4-10(2)11(3)12-8-6-5-7-9-12;1-2/h6-11H,5H2,1-4H3;5-11H,4H2,1-3H3;1-2H3. The predicted octanol–water partition coefficient (Wildman–Crippen LogP) is 8.87. The van der Waals surface area contributed by atoms with Gasteiger partial charge in [0.2, 0.25) is 0 Å². The summed E-state index contributed by atoms with van der Waals surface area (Å²) in [5, 5.41) is 0. The van der Waals surface area contributed by atoms with Crippen LogP contribution in [-0.4, -0.2) is 0 Å². The van der Waals surface area contributed by atoms with Crippen LogP contribution in [0, 0.1) is 11.8 Å². The quantitative estimate of drug-likeness (QED) is 0.477. The van der Waals surface area contributed by atoms with Crippen molar-refractivity contribution >= 4 is 0 Å². The van der Waals surface area contributed by atoms with Gasteiger partial charge in [0.15, 0.2) is 0 Å². The average Bonchev–Trinajstić information content (AvgIpc) is 2.75. The molecule has 0 aromatic heterocycles. The minimum atomic E-state index is 0.302. The van der Waals surface area contributed by atoms with E-state index in [1.165, 1.54) is 24.0 Å². The lowest BCUT2D eigenvalue weighted by atomic mass is 9.73. The van der Waals surface area contributed by atoms with Crippen molar-refractivity contribution in [1.82, 2.24) is 0 Å². The SMILES string of the molecule is CC.CCC(C)C(C)(C)c1ccccc1.CCC(C)C(C)c1ccccc1. The van der Waals surface area contributed by atoms with Crippen LogP contribution in [0.15, 0.2) is 60.7 Å². The Bertz CT molecular complexity index is 568. The molecular formula is C27H44. The second kappa shape index (κ2) is 13.6. The highest BCUT2D eigenvalue weighted by molar-refractivity contribution is 5.24. The zero-order valence-electron chi connectivity index (χ0n) is 19.4. The first-order chi connectivity index (χ1) is 12.8. The molecule has 0 aliphatic rings. The van der Waals surface area contributed by atoms with Gasteiger partial charge in [-0.3, -0.25) is 0 Å². The van der Waals surface area contributed by atoms with Gasteiger partial charge in [0.25, 0.3) is 0 Å². The molecule has 3 unspecified atom stereocenters. The molecule has 0 fully saturated rings. The number of benzene rings is 2. The molecule has 0 N–H and O–H groups in total. The van der Waals surface area contributed by atoms with Crippen LogP contribution in [0.4, 0.5) is 0 Å². The molecule has 0 heteroatoms. The summed E-state index contributed by atoms with van der Waals surface area (Å²) in [4.78, 5) is 0. The molecule has 0 nitrogen and oxygen atoms in total. The summed E-state index contributed by atoms with van der Waals surface area (Å²) in [6.45, 7) is 20.1. The lowest BCUT2D eigenvalue weighted by molar-refractivity contribution is 0.335. The monoisotopic (exact) mass is 368 g/mol. The van der Waals surface area contributed by atoms with Crippen molar-refractivity contribution < 1.29 is 0 Å². The van der Waals surface area contributed by atoms with E-state index in [9.17, 15) is 0 Å². The third-order valence-corrected chi connectivity index (χ3v) is 6.19. The van der Waals surface area contributed by atoms with Crippen LogP contribution in [0.5, 0.6) is 0 Å². The van der Waals surface area contributed by atoms with E-state index in [2.05, 4.69) is 109 Å². The Kier molecular flexibility index (Phi) is 12.8. The molecule has 0 spiro atoms. The lowest BCUT2D eigenvalue weighted by Gasteiger charge is -2.31. The summed E-state index contributed by atoms with van der Waals surface area (Å²) in [5.41, 5.74) is 3.21. The Hall–Kier alpha value is -1.56. The summed E-state index contributed by atoms with van der Waals surface area (Å²) in [6.07, 6.45) is 2.50. The van der Waals surface area contributed by atoms with Gasteiger partial charge in [-0.2, -0.15) is 0 Å². The largest absolute Gasteiger partial charge is 0.0683 e. The molecule has 2 aromatic carbocycles. The van der Waals surface area contributed by atoms with Gasteiger partial charge in [0.1, 0.15) is 0 Å². The first-order valence-corrected chi connectivity index (χ1v) is 10.9. The van der Waals surface area contributed by atoms with Gasteiger partial charge in [-0.15, -0.1) is 0 Å². The topological polar surface area (TPSA) is 0 Å². The molecule has 152 valence electrons. The van der Waals surface area contributed by atoms with Crippen LogP contribution >= 0.6 is 0 Å². The van der Waals surface area contributed by atoms with Crippen LogP contribution < -0.4 is 0 Å². The highest BCUT2D eigenvalue weighted by atomic mass is 14.3. The Balaban J connectivity index is 0.000000460. The highest BCUT2D eigenvalue weighted by Crippen LogP contribution is 2.33. The molecular weight excluding hydrogens is 324 g/mol. The van der Waals surface area contributed by atoms with E-state index in [-0.39, 0.29) is 0 Å². The van der Waals surface area contributed by atoms with Crippen molar-refractivity contribution in [1.29, 1.82) is 0 Å². The second-order valence-electron chi connectivity index (χ2n) is 7.98. The molecule has 0 amide bonds. The first kappa shape index (κ1) is 25.4. The zero-order chi connectivity index (χ0) is 20.9. The molecule has 0 saturated heterocycles. The smallest absolute Gasteiger partial charge is 0.00780 e. The van der Waals surface area contributed by atoms with Crippen LogP contribution in [0.25, 0.3) is 0 Å². The maximum atomic E-state index is 2.33. The molecule has 0 bridgehead atoms. The third kappa shape index (κ3) is 8.33. The van der Waals surface area contributed by atoms with Crippen molar-refractivity contribution in [2.75, 3.05) is 0 Å². The van der Waals surface area contributed by atoms with Gasteiger partial charge in [-0.25, -0.2) is 0 Å². The van der Waals surface area contributed by atoms with Crippen molar-refractivity contribution in [3.63, 3.8) is 0 Å². The minimum Gasteiger partial charge on any atom is -0.0683 e. The fourth-order valence-corrected chi connectivity index (χ4v) is 3.10. The van der Waals surface area contributed by atoms with Gasteiger partial charge >= 0.3 is 0 Å². The van der Waals surface area contributed by atoms with Gasteiger partial charge in [0.05, 0.1) is 0 Å². The molecule has 3 atom stereocenters. The minimum absolute atomic E-state index is 0.302. The predicted molar refractivity (Wildman–Crippen MR) is 125 cm³/mol. The average molecular weight is 369 g/mol. The Morgan fingerprint density at radius 2 is 1.15 bits per heavy atom. The van der Waals surface area contributed by atoms with Crippen LogP contribution in [0.2, 0.25) is 0 Å². The van der Waals surface area contributed by atoms with Crippen LogP contribution in [0.3, 0.4) is 0 Å². The van der Waals surface area contributed by atoms with E-state index in [1.54, 1.807) is 0 Å². The summed E-state index contributed by atoms with van der Waals surface area (Å²) in [6, 6.07) is 21.5. The summed E-state index contributed by atoms with van der Waals surface area (Å²) >= 11 is 0. The molecule has 0 aliphatic carbocycles. The van der Waals surface area contributed by atoms with Gasteiger partial charge in [-0.1, -0.05) is 136 Å². The molecule has 2 aromatic rings. The Labute approximate surface area is 170 Å². The number of hydrogen-bond acceptors (Lipinski definition) is 0. The van der Waals surface area contributed by atoms with Crippen molar-refractivity contribution in [3.8, 4) is 0 Å². The summed E-state index contributed by atoms with van der Waals surface area (Å²) in [5.74, 6) is 2.21. The highest BCUT2D eigenvalue weighted by Gasteiger charge is 2.25. The number of rotatable bonds is 6. The summed E-state index contributed by atoms with van der Waals surface area (Å²) < 4.78 is 0. The number of hydrogen-bond donors (Lipinski definition) is 0. The van der Waals surface area contributed by atoms with E-state index in [1.807, 2.05) is 13.8 Å². The van der Waals surface area contributed by atoms with Crippen LogP contribution in [-0.2, 0) is 5.41 Å². The van der Waals surface area contributed by atoms with Crippen molar-refractivity contribution in [2.24, 2.45) is 11.8 Å². The lowest BCUT2D eigenvalue weighted by Crippen LogP contribution is -2.25.